The van der Waals surface area contributed by atoms with E-state index in [-0.39, 0.29) is 23.0 Å². The largest absolute Gasteiger partial charge is 0.497 e. The van der Waals surface area contributed by atoms with Crippen LogP contribution in [0.3, 0.4) is 0 Å². The number of anilines is 1. The van der Waals surface area contributed by atoms with E-state index in [1.165, 1.54) is 48.4 Å². The molecule has 0 spiro atoms. The number of halogens is 2. The maximum absolute atomic E-state index is 13.8. The van der Waals surface area contributed by atoms with E-state index < -0.39 is 28.5 Å². The maximum atomic E-state index is 13.8. The average Bonchev–Trinajstić information content (AvgIpc) is 2.94. The fourth-order valence-corrected chi connectivity index (χ4v) is 5.44. The van der Waals surface area contributed by atoms with Crippen molar-refractivity contribution in [2.75, 3.05) is 24.5 Å². The lowest BCUT2D eigenvalue weighted by Crippen LogP contribution is -2.51. The topological polar surface area (TPSA) is 96.0 Å². The predicted molar refractivity (Wildman–Crippen MR) is 154 cm³/mol. The van der Waals surface area contributed by atoms with Gasteiger partial charge in [0.25, 0.3) is 10.0 Å². The van der Waals surface area contributed by atoms with Crippen LogP contribution in [0.1, 0.15) is 25.8 Å². The Morgan fingerprint density at radius 3 is 2.03 bits per heavy atom. The van der Waals surface area contributed by atoms with Crippen LogP contribution in [-0.4, -0.2) is 51.4 Å². The van der Waals surface area contributed by atoms with Gasteiger partial charge in [0.05, 0.1) is 17.7 Å². The van der Waals surface area contributed by atoms with E-state index in [1.54, 1.807) is 43.3 Å². The van der Waals surface area contributed by atoms with Gasteiger partial charge < -0.3 is 15.0 Å². The van der Waals surface area contributed by atoms with Crippen molar-refractivity contribution in [2.45, 2.75) is 37.8 Å². The lowest BCUT2D eigenvalue weighted by molar-refractivity contribution is -0.139. The summed E-state index contributed by atoms with van der Waals surface area (Å²) >= 11 is 12.1. The first kappa shape index (κ1) is 30.3. The standard InChI is InChI=1S/C28H31Cl2N3O5S/c1-4-17-31-28(35)20(2)32(18-21-5-7-22(29)8-6-21)27(34)19-33(24-11-9-23(30)10-12-24)39(36,37)26-15-13-25(38-3)14-16-26/h5-16,20H,4,17-19H2,1-3H3,(H,31,35)/t20-/m0/s1. The lowest BCUT2D eigenvalue weighted by atomic mass is 10.1. The summed E-state index contributed by atoms with van der Waals surface area (Å²) in [7, 11) is -2.71. The molecule has 2 amide bonds. The number of benzene rings is 3. The van der Waals surface area contributed by atoms with Crippen LogP contribution in [0, 0.1) is 0 Å². The van der Waals surface area contributed by atoms with Crippen LogP contribution < -0.4 is 14.4 Å². The molecule has 39 heavy (non-hydrogen) atoms. The third kappa shape index (κ3) is 7.88. The van der Waals surface area contributed by atoms with Gasteiger partial charge in [-0.2, -0.15) is 0 Å². The molecule has 208 valence electrons. The lowest BCUT2D eigenvalue weighted by Gasteiger charge is -2.32. The number of hydrogen-bond acceptors (Lipinski definition) is 5. The van der Waals surface area contributed by atoms with E-state index in [1.807, 2.05) is 6.92 Å². The molecule has 8 nitrogen and oxygen atoms in total. The quantitative estimate of drug-likeness (QED) is 0.314. The maximum Gasteiger partial charge on any atom is 0.264 e. The molecule has 0 radical (unpaired) electrons. The van der Waals surface area contributed by atoms with Crippen molar-refractivity contribution in [3.05, 3.63) is 88.4 Å². The highest BCUT2D eigenvalue weighted by Gasteiger charge is 2.32. The number of hydrogen-bond donors (Lipinski definition) is 1. The molecule has 0 fully saturated rings. The molecule has 0 aliphatic rings. The molecule has 1 atom stereocenters. The Labute approximate surface area is 239 Å². The fourth-order valence-electron chi connectivity index (χ4n) is 3.78. The van der Waals surface area contributed by atoms with Gasteiger partial charge in [-0.1, -0.05) is 42.3 Å². The Bertz CT molecular complexity index is 1370. The molecule has 0 aromatic heterocycles. The number of sulfonamides is 1. The van der Waals surface area contributed by atoms with Gasteiger partial charge in [-0.3, -0.25) is 13.9 Å². The van der Waals surface area contributed by atoms with E-state index in [9.17, 15) is 18.0 Å². The zero-order valence-electron chi connectivity index (χ0n) is 21.9. The Morgan fingerprint density at radius 2 is 1.49 bits per heavy atom. The molecule has 3 aromatic rings. The van der Waals surface area contributed by atoms with Gasteiger partial charge in [0, 0.05) is 23.1 Å². The van der Waals surface area contributed by atoms with Gasteiger partial charge in [-0.15, -0.1) is 0 Å². The highest BCUT2D eigenvalue weighted by Crippen LogP contribution is 2.27. The van der Waals surface area contributed by atoms with Gasteiger partial charge in [-0.25, -0.2) is 8.42 Å². The molecule has 0 unspecified atom stereocenters. The molecule has 11 heteroatoms. The Hall–Kier alpha value is -3.27. The number of carbonyl (C=O) groups excluding carboxylic acids is 2. The fraction of sp³-hybridized carbons (Fsp3) is 0.286. The summed E-state index contributed by atoms with van der Waals surface area (Å²) in [4.78, 5) is 28.0. The molecule has 3 aromatic carbocycles. The van der Waals surface area contributed by atoms with Gasteiger partial charge in [0.1, 0.15) is 18.3 Å². The molecular weight excluding hydrogens is 561 g/mol. The highest BCUT2D eigenvalue weighted by molar-refractivity contribution is 7.92. The summed E-state index contributed by atoms with van der Waals surface area (Å²) in [5.74, 6) is -0.407. The second kappa shape index (κ2) is 13.7. The van der Waals surface area contributed by atoms with Crippen molar-refractivity contribution in [1.82, 2.24) is 10.2 Å². The second-order valence-corrected chi connectivity index (χ2v) is 11.5. The van der Waals surface area contributed by atoms with Crippen LogP contribution in [0.2, 0.25) is 10.0 Å². The summed E-state index contributed by atoms with van der Waals surface area (Å²) in [6.07, 6.45) is 0.730. The van der Waals surface area contributed by atoms with E-state index in [0.29, 0.717) is 22.3 Å². The third-order valence-corrected chi connectivity index (χ3v) is 8.32. The minimum absolute atomic E-state index is 0.0240. The minimum atomic E-state index is -4.19. The minimum Gasteiger partial charge on any atom is -0.497 e. The summed E-state index contributed by atoms with van der Waals surface area (Å²) in [6, 6.07) is 18.0. The Kier molecular flexibility index (Phi) is 10.6. The first-order chi connectivity index (χ1) is 18.6. The number of rotatable bonds is 12. The van der Waals surface area contributed by atoms with E-state index in [0.717, 1.165) is 16.3 Å². The van der Waals surface area contributed by atoms with Gasteiger partial charge in [-0.05, 0) is 79.6 Å². The zero-order chi connectivity index (χ0) is 28.6. The van der Waals surface area contributed by atoms with Crippen LogP contribution in [0.4, 0.5) is 5.69 Å². The van der Waals surface area contributed by atoms with E-state index in [4.69, 9.17) is 27.9 Å². The molecular formula is C28H31Cl2N3O5S. The molecule has 0 heterocycles. The molecule has 0 saturated heterocycles. The van der Waals surface area contributed by atoms with Gasteiger partial charge in [0.2, 0.25) is 11.8 Å². The normalized spacial score (nSPS) is 11.9. The smallest absolute Gasteiger partial charge is 0.264 e. The first-order valence-electron chi connectivity index (χ1n) is 12.3. The molecule has 0 bridgehead atoms. The van der Waals surface area contributed by atoms with Crippen LogP contribution in [0.5, 0.6) is 5.75 Å². The summed E-state index contributed by atoms with van der Waals surface area (Å²) in [5.41, 5.74) is 0.983. The number of nitrogens with one attached hydrogen (secondary N) is 1. The van der Waals surface area contributed by atoms with Crippen molar-refractivity contribution in [1.29, 1.82) is 0 Å². The van der Waals surface area contributed by atoms with E-state index >= 15 is 0 Å². The zero-order valence-corrected chi connectivity index (χ0v) is 24.3. The van der Waals surface area contributed by atoms with Crippen LogP contribution in [-0.2, 0) is 26.2 Å². The second-order valence-electron chi connectivity index (χ2n) is 8.78. The van der Waals surface area contributed by atoms with Crippen molar-refractivity contribution in [2.24, 2.45) is 0 Å². The molecule has 0 aliphatic carbocycles. The SMILES string of the molecule is CCCNC(=O)[C@H](C)N(Cc1ccc(Cl)cc1)C(=O)CN(c1ccc(Cl)cc1)S(=O)(=O)c1ccc(OC)cc1. The Morgan fingerprint density at radius 1 is 0.923 bits per heavy atom. The molecule has 0 aliphatic heterocycles. The third-order valence-electron chi connectivity index (χ3n) is 6.02. The van der Waals surface area contributed by atoms with Gasteiger partial charge in [0.15, 0.2) is 0 Å². The molecule has 1 N–H and O–H groups in total. The average molecular weight is 593 g/mol. The van der Waals surface area contributed by atoms with Crippen molar-refractivity contribution >= 4 is 50.7 Å². The van der Waals surface area contributed by atoms with Crippen molar-refractivity contribution in [3.63, 3.8) is 0 Å². The van der Waals surface area contributed by atoms with Crippen molar-refractivity contribution < 1.29 is 22.7 Å². The predicted octanol–water partition coefficient (Wildman–Crippen LogP) is 5.14. The highest BCUT2D eigenvalue weighted by atomic mass is 35.5. The number of ether oxygens (including phenoxy) is 1. The van der Waals surface area contributed by atoms with Crippen LogP contribution in [0.15, 0.2) is 77.7 Å². The van der Waals surface area contributed by atoms with Crippen molar-refractivity contribution in [3.8, 4) is 5.75 Å². The summed E-state index contributed by atoms with van der Waals surface area (Å²) in [5, 5.41) is 3.75. The van der Waals surface area contributed by atoms with Gasteiger partial charge >= 0.3 is 0 Å². The number of carbonyl (C=O) groups is 2. The number of amides is 2. The van der Waals surface area contributed by atoms with E-state index in [2.05, 4.69) is 5.32 Å². The van der Waals surface area contributed by atoms with Crippen LogP contribution in [0.25, 0.3) is 0 Å². The summed E-state index contributed by atoms with van der Waals surface area (Å²) in [6.45, 7) is 3.52. The van der Waals surface area contributed by atoms with Crippen LogP contribution >= 0.6 is 23.2 Å². The Balaban J connectivity index is 2.00. The summed E-state index contributed by atoms with van der Waals surface area (Å²) < 4.78 is 33.8. The number of nitrogens with zero attached hydrogens (tertiary/aromatic N) is 2. The first-order valence-corrected chi connectivity index (χ1v) is 14.5. The molecule has 3 rings (SSSR count). The molecule has 0 saturated carbocycles. The monoisotopic (exact) mass is 591 g/mol. The number of methoxy groups -OCH3 is 1.